The highest BCUT2D eigenvalue weighted by molar-refractivity contribution is 7.89. The van der Waals surface area contributed by atoms with Crippen molar-refractivity contribution in [3.63, 3.8) is 0 Å². The first-order valence-electron chi connectivity index (χ1n) is 5.35. The predicted octanol–water partition coefficient (Wildman–Crippen LogP) is 1.42. The van der Waals surface area contributed by atoms with Crippen LogP contribution in [0.1, 0.15) is 10.7 Å². The number of hydrogen-bond acceptors (Lipinski definition) is 6. The fourth-order valence-corrected chi connectivity index (χ4v) is 3.13. The van der Waals surface area contributed by atoms with Gasteiger partial charge in [-0.2, -0.15) is 0 Å². The molecule has 0 aliphatic heterocycles. The highest BCUT2D eigenvalue weighted by Crippen LogP contribution is 2.10. The maximum absolute atomic E-state index is 11.9. The smallest absolute Gasteiger partial charge is 0.243 e. The first kappa shape index (κ1) is 14.3. The molecular weight excluding hydrogens is 308 g/mol. The van der Waals surface area contributed by atoms with Gasteiger partial charge in [0.1, 0.15) is 4.90 Å². The molecule has 0 aromatic carbocycles. The van der Waals surface area contributed by atoms with E-state index in [2.05, 4.69) is 19.7 Å². The topological polar surface area (TPSA) is 84.8 Å². The van der Waals surface area contributed by atoms with Gasteiger partial charge in [-0.15, -0.1) is 11.3 Å². The Morgan fingerprint density at radius 2 is 2.05 bits per heavy atom. The molecule has 0 radical (unpaired) electrons. The van der Waals surface area contributed by atoms with Gasteiger partial charge in [0.15, 0.2) is 0 Å². The summed E-state index contributed by atoms with van der Waals surface area (Å²) in [5, 5.41) is 2.83. The zero-order valence-corrected chi connectivity index (χ0v) is 12.4. The fraction of sp³-hybridized carbons (Fsp3) is 0.300. The van der Waals surface area contributed by atoms with Crippen molar-refractivity contribution in [2.75, 3.05) is 6.54 Å². The molecule has 0 atom stereocenters. The van der Waals surface area contributed by atoms with Gasteiger partial charge in [-0.3, -0.25) is 0 Å². The molecule has 0 aliphatic rings. The van der Waals surface area contributed by atoms with Gasteiger partial charge in [0, 0.05) is 24.0 Å². The Labute approximate surface area is 119 Å². The summed E-state index contributed by atoms with van der Waals surface area (Å²) in [4.78, 5) is 11.5. The van der Waals surface area contributed by atoms with E-state index >= 15 is 0 Å². The van der Waals surface area contributed by atoms with Crippen LogP contribution in [-0.2, 0) is 16.4 Å². The number of rotatable bonds is 5. The average molecular weight is 319 g/mol. The molecule has 0 aliphatic carbocycles. The Kier molecular flexibility index (Phi) is 4.46. The molecule has 0 unspecified atom stereocenters. The van der Waals surface area contributed by atoms with Gasteiger partial charge < -0.3 is 0 Å². The summed E-state index contributed by atoms with van der Waals surface area (Å²) in [6.45, 7) is 2.17. The maximum Gasteiger partial charge on any atom is 0.243 e. The number of sulfonamides is 1. The molecule has 0 amide bonds. The third-order valence-corrected chi connectivity index (χ3v) is 4.84. The minimum atomic E-state index is -3.60. The van der Waals surface area contributed by atoms with E-state index in [0.29, 0.717) is 6.42 Å². The van der Waals surface area contributed by atoms with Crippen LogP contribution in [0.4, 0.5) is 0 Å². The van der Waals surface area contributed by atoms with Crippen molar-refractivity contribution in [1.82, 2.24) is 19.7 Å². The van der Waals surface area contributed by atoms with E-state index < -0.39 is 10.0 Å². The van der Waals surface area contributed by atoms with Gasteiger partial charge in [-0.1, -0.05) is 0 Å². The molecule has 0 saturated carbocycles. The van der Waals surface area contributed by atoms with E-state index in [4.69, 9.17) is 11.6 Å². The molecule has 9 heteroatoms. The van der Waals surface area contributed by atoms with Crippen LogP contribution in [0.2, 0.25) is 5.28 Å². The van der Waals surface area contributed by atoms with E-state index in [1.54, 1.807) is 0 Å². The van der Waals surface area contributed by atoms with Crippen LogP contribution in [0, 0.1) is 6.92 Å². The molecule has 2 aromatic heterocycles. The molecule has 0 bridgehead atoms. The number of nitrogens with one attached hydrogen (secondary N) is 1. The first-order valence-corrected chi connectivity index (χ1v) is 8.10. The third kappa shape index (κ3) is 3.93. The van der Waals surface area contributed by atoms with Crippen LogP contribution in [0.3, 0.4) is 0 Å². The highest BCUT2D eigenvalue weighted by atomic mass is 35.5. The second-order valence-corrected chi connectivity index (χ2v) is 6.77. The quantitative estimate of drug-likeness (QED) is 0.843. The van der Waals surface area contributed by atoms with Crippen molar-refractivity contribution in [2.45, 2.75) is 18.2 Å². The van der Waals surface area contributed by atoms with Gasteiger partial charge in [-0.05, 0) is 18.5 Å². The molecule has 19 heavy (non-hydrogen) atoms. The zero-order valence-electron chi connectivity index (χ0n) is 10.00. The number of halogens is 1. The summed E-state index contributed by atoms with van der Waals surface area (Å²) in [5.74, 6) is 0. The van der Waals surface area contributed by atoms with Crippen LogP contribution >= 0.6 is 22.9 Å². The molecule has 2 aromatic rings. The molecule has 0 spiro atoms. The molecule has 2 rings (SSSR count). The second kappa shape index (κ2) is 5.91. The Morgan fingerprint density at radius 3 is 2.63 bits per heavy atom. The van der Waals surface area contributed by atoms with Crippen molar-refractivity contribution in [3.8, 4) is 0 Å². The molecule has 1 N–H and O–H groups in total. The predicted molar refractivity (Wildman–Crippen MR) is 72.8 cm³/mol. The molecule has 2 heterocycles. The van der Waals surface area contributed by atoms with E-state index in [1.807, 2.05) is 12.3 Å². The lowest BCUT2D eigenvalue weighted by Gasteiger charge is -2.04. The maximum atomic E-state index is 11.9. The number of nitrogens with zero attached hydrogens (tertiary/aromatic N) is 3. The summed E-state index contributed by atoms with van der Waals surface area (Å²) in [6, 6.07) is 0. The van der Waals surface area contributed by atoms with Crippen molar-refractivity contribution in [1.29, 1.82) is 0 Å². The second-order valence-electron chi connectivity index (χ2n) is 3.72. The Hall–Kier alpha value is -1.09. The van der Waals surface area contributed by atoms with Crippen molar-refractivity contribution in [3.05, 3.63) is 33.8 Å². The molecular formula is C10H11ClN4O2S2. The average Bonchev–Trinajstić information content (AvgIpc) is 2.75. The van der Waals surface area contributed by atoms with Crippen LogP contribution in [0.15, 0.2) is 22.7 Å². The van der Waals surface area contributed by atoms with E-state index in [1.165, 1.54) is 23.7 Å². The van der Waals surface area contributed by atoms with E-state index in [0.717, 1.165) is 10.7 Å². The van der Waals surface area contributed by atoms with Gasteiger partial charge in [-0.25, -0.2) is 28.1 Å². The fourth-order valence-electron chi connectivity index (χ4n) is 1.33. The Morgan fingerprint density at radius 1 is 1.37 bits per heavy atom. The Balaban J connectivity index is 1.96. The van der Waals surface area contributed by atoms with Gasteiger partial charge >= 0.3 is 0 Å². The summed E-state index contributed by atoms with van der Waals surface area (Å²) < 4.78 is 26.2. The number of thiazole rings is 1. The first-order chi connectivity index (χ1) is 8.97. The minimum absolute atomic E-state index is 0.00720. The van der Waals surface area contributed by atoms with Gasteiger partial charge in [0.05, 0.1) is 17.4 Å². The van der Waals surface area contributed by atoms with Crippen LogP contribution in [0.5, 0.6) is 0 Å². The lowest BCUT2D eigenvalue weighted by molar-refractivity contribution is 0.580. The Bertz CT molecular complexity index is 654. The molecule has 0 fully saturated rings. The van der Waals surface area contributed by atoms with Gasteiger partial charge in [0.2, 0.25) is 15.3 Å². The normalized spacial score (nSPS) is 11.7. The number of hydrogen-bond donors (Lipinski definition) is 1. The molecule has 102 valence electrons. The van der Waals surface area contributed by atoms with Crippen molar-refractivity contribution >= 4 is 33.0 Å². The lowest BCUT2D eigenvalue weighted by atomic mass is 10.4. The largest absolute Gasteiger partial charge is 0.247 e. The standard InChI is InChI=1S/C10H11ClN4O2S2/c1-7-6-18-9(15-7)2-3-14-19(16,17)8-4-12-10(11)13-5-8/h4-6,14H,2-3H2,1H3. The summed E-state index contributed by atoms with van der Waals surface area (Å²) in [7, 11) is -3.60. The van der Waals surface area contributed by atoms with Gasteiger partial charge in [0.25, 0.3) is 0 Å². The monoisotopic (exact) mass is 318 g/mol. The van der Waals surface area contributed by atoms with Crippen molar-refractivity contribution < 1.29 is 8.42 Å². The molecule has 6 nitrogen and oxygen atoms in total. The highest BCUT2D eigenvalue weighted by Gasteiger charge is 2.14. The minimum Gasteiger partial charge on any atom is -0.247 e. The summed E-state index contributed by atoms with van der Waals surface area (Å²) in [6.07, 6.45) is 2.89. The zero-order chi connectivity index (χ0) is 13.9. The lowest BCUT2D eigenvalue weighted by Crippen LogP contribution is -2.26. The summed E-state index contributed by atoms with van der Waals surface area (Å²) in [5.41, 5.74) is 0.939. The number of aromatic nitrogens is 3. The van der Waals surface area contributed by atoms with Crippen LogP contribution < -0.4 is 4.72 Å². The third-order valence-electron chi connectivity index (χ3n) is 2.20. The molecule has 0 saturated heterocycles. The van der Waals surface area contributed by atoms with Crippen LogP contribution in [-0.4, -0.2) is 29.9 Å². The summed E-state index contributed by atoms with van der Waals surface area (Å²) >= 11 is 7.01. The SMILES string of the molecule is Cc1csc(CCNS(=O)(=O)c2cnc(Cl)nc2)n1. The number of aryl methyl sites for hydroxylation is 1. The van der Waals surface area contributed by atoms with Crippen molar-refractivity contribution in [2.24, 2.45) is 0 Å². The van der Waals surface area contributed by atoms with Crippen LogP contribution in [0.25, 0.3) is 0 Å². The van der Waals surface area contributed by atoms with E-state index in [-0.39, 0.29) is 16.7 Å². The van der Waals surface area contributed by atoms with E-state index in [9.17, 15) is 8.42 Å².